The van der Waals surface area contributed by atoms with Gasteiger partial charge in [0.05, 0.1) is 10.6 Å². The van der Waals surface area contributed by atoms with Crippen molar-refractivity contribution in [2.75, 3.05) is 4.72 Å². The van der Waals surface area contributed by atoms with Crippen LogP contribution in [-0.4, -0.2) is 8.42 Å². The predicted molar refractivity (Wildman–Crippen MR) is 76.3 cm³/mol. The Morgan fingerprint density at radius 1 is 1.15 bits per heavy atom. The van der Waals surface area contributed by atoms with Crippen LogP contribution < -0.4 is 10.5 Å². The van der Waals surface area contributed by atoms with Crippen molar-refractivity contribution in [3.63, 3.8) is 0 Å². The number of nitrogens with one attached hydrogen (secondary N) is 1. The van der Waals surface area contributed by atoms with Crippen LogP contribution in [0.4, 0.5) is 10.1 Å². The van der Waals surface area contributed by atoms with E-state index in [9.17, 15) is 12.8 Å². The minimum Gasteiger partial charge on any atom is -0.326 e. The molecule has 0 aromatic heterocycles. The quantitative estimate of drug-likeness (QED) is 0.909. The summed E-state index contributed by atoms with van der Waals surface area (Å²) < 4.78 is 40.6. The van der Waals surface area contributed by atoms with Crippen molar-refractivity contribution < 1.29 is 12.8 Å². The van der Waals surface area contributed by atoms with Crippen molar-refractivity contribution in [1.82, 2.24) is 0 Å². The third kappa shape index (κ3) is 2.81. The van der Waals surface area contributed by atoms with Gasteiger partial charge in [-0.2, -0.15) is 0 Å². The maximum atomic E-state index is 13.6. The van der Waals surface area contributed by atoms with Gasteiger partial charge in [-0.05, 0) is 30.7 Å². The summed E-state index contributed by atoms with van der Waals surface area (Å²) in [7, 11) is -3.77. The van der Waals surface area contributed by atoms with E-state index in [4.69, 9.17) is 5.73 Å². The Labute approximate surface area is 117 Å². The first-order valence-electron chi connectivity index (χ1n) is 6.01. The van der Waals surface area contributed by atoms with Crippen LogP contribution in [0, 0.1) is 12.7 Å². The lowest BCUT2D eigenvalue weighted by molar-refractivity contribution is 0.599. The minimum atomic E-state index is -3.77. The summed E-state index contributed by atoms with van der Waals surface area (Å²) in [5.74, 6) is -0.530. The Bertz CT molecular complexity index is 730. The van der Waals surface area contributed by atoms with Crippen molar-refractivity contribution in [1.29, 1.82) is 0 Å². The summed E-state index contributed by atoms with van der Waals surface area (Å²) in [6.45, 7) is 1.61. The Morgan fingerprint density at radius 2 is 1.85 bits per heavy atom. The van der Waals surface area contributed by atoms with E-state index < -0.39 is 15.8 Å². The molecule has 0 bridgehead atoms. The van der Waals surface area contributed by atoms with Crippen LogP contribution in [-0.2, 0) is 16.6 Å². The first-order chi connectivity index (χ1) is 9.45. The molecule has 0 amide bonds. The third-order valence-corrected chi connectivity index (χ3v) is 4.48. The number of sulfonamides is 1. The van der Waals surface area contributed by atoms with E-state index in [1.54, 1.807) is 25.1 Å². The number of hydrogen-bond donors (Lipinski definition) is 2. The van der Waals surface area contributed by atoms with Gasteiger partial charge >= 0.3 is 0 Å². The second-order valence-electron chi connectivity index (χ2n) is 4.34. The van der Waals surface area contributed by atoms with Gasteiger partial charge in [-0.25, -0.2) is 12.8 Å². The first-order valence-corrected chi connectivity index (χ1v) is 7.50. The van der Waals surface area contributed by atoms with Gasteiger partial charge in [-0.1, -0.05) is 24.3 Å². The zero-order valence-electron chi connectivity index (χ0n) is 10.9. The highest BCUT2D eigenvalue weighted by Gasteiger charge is 2.18. The van der Waals surface area contributed by atoms with Gasteiger partial charge in [-0.3, -0.25) is 4.72 Å². The van der Waals surface area contributed by atoms with Crippen LogP contribution in [0.2, 0.25) is 0 Å². The summed E-state index contributed by atoms with van der Waals surface area (Å²) in [4.78, 5) is 0.159. The lowest BCUT2D eigenvalue weighted by atomic mass is 10.2. The molecule has 0 saturated carbocycles. The van der Waals surface area contributed by atoms with E-state index >= 15 is 0 Å². The molecule has 0 radical (unpaired) electrons. The van der Waals surface area contributed by atoms with Crippen molar-refractivity contribution >= 4 is 15.7 Å². The Morgan fingerprint density at radius 3 is 2.50 bits per heavy atom. The van der Waals surface area contributed by atoms with E-state index in [2.05, 4.69) is 4.72 Å². The molecule has 0 atom stereocenters. The molecule has 0 heterocycles. The molecule has 20 heavy (non-hydrogen) atoms. The maximum absolute atomic E-state index is 13.6. The van der Waals surface area contributed by atoms with Crippen LogP contribution in [0.25, 0.3) is 0 Å². The molecule has 0 aliphatic carbocycles. The fourth-order valence-corrected chi connectivity index (χ4v) is 3.26. The SMILES string of the molecule is Cc1ccccc1S(=O)(=O)Nc1cccc(F)c1CN. The molecule has 0 spiro atoms. The standard InChI is InChI=1S/C14H15FN2O2S/c1-10-5-2-3-8-14(10)20(18,19)17-13-7-4-6-12(15)11(13)9-16/h2-8,17H,9,16H2,1H3. The molecule has 0 saturated heterocycles. The molecule has 0 aliphatic heterocycles. The van der Waals surface area contributed by atoms with Gasteiger partial charge in [-0.15, -0.1) is 0 Å². The summed E-state index contributed by atoms with van der Waals surface area (Å²) >= 11 is 0. The molecule has 2 aromatic rings. The molecule has 0 unspecified atom stereocenters. The fourth-order valence-electron chi connectivity index (χ4n) is 1.92. The van der Waals surface area contributed by atoms with Gasteiger partial charge < -0.3 is 5.73 Å². The van der Waals surface area contributed by atoms with E-state index in [1.165, 1.54) is 24.3 Å². The lowest BCUT2D eigenvalue weighted by Gasteiger charge is -2.13. The Hall–Kier alpha value is -1.92. The smallest absolute Gasteiger partial charge is 0.262 e. The second-order valence-corrected chi connectivity index (χ2v) is 5.99. The lowest BCUT2D eigenvalue weighted by Crippen LogP contribution is -2.16. The molecule has 6 heteroatoms. The number of hydrogen-bond acceptors (Lipinski definition) is 3. The molecule has 0 aliphatic rings. The van der Waals surface area contributed by atoms with Crippen molar-refractivity contribution in [2.24, 2.45) is 5.73 Å². The monoisotopic (exact) mass is 294 g/mol. The molecule has 0 fully saturated rings. The number of benzene rings is 2. The molecular formula is C14H15FN2O2S. The predicted octanol–water partition coefficient (Wildman–Crippen LogP) is 2.39. The van der Waals surface area contributed by atoms with E-state index in [1.807, 2.05) is 0 Å². The Balaban J connectivity index is 2.44. The number of halogens is 1. The normalized spacial score (nSPS) is 11.3. The van der Waals surface area contributed by atoms with Gasteiger partial charge in [0.25, 0.3) is 10.0 Å². The van der Waals surface area contributed by atoms with Crippen LogP contribution in [0.3, 0.4) is 0 Å². The zero-order chi connectivity index (χ0) is 14.8. The third-order valence-electron chi connectivity index (χ3n) is 2.95. The average Bonchev–Trinajstić information content (AvgIpc) is 2.39. The van der Waals surface area contributed by atoms with Crippen LogP contribution in [0.15, 0.2) is 47.4 Å². The molecule has 2 rings (SSSR count). The summed E-state index contributed by atoms with van der Waals surface area (Å²) in [5.41, 5.74) is 6.39. The molecule has 4 nitrogen and oxygen atoms in total. The summed E-state index contributed by atoms with van der Waals surface area (Å²) in [5, 5.41) is 0. The van der Waals surface area contributed by atoms with E-state index in [0.717, 1.165) is 0 Å². The van der Waals surface area contributed by atoms with Gasteiger partial charge in [0, 0.05) is 12.1 Å². The summed E-state index contributed by atoms with van der Waals surface area (Å²) in [6.07, 6.45) is 0. The van der Waals surface area contributed by atoms with Crippen molar-refractivity contribution in [2.45, 2.75) is 18.4 Å². The number of rotatable bonds is 4. The van der Waals surface area contributed by atoms with Gasteiger partial charge in [0.1, 0.15) is 5.82 Å². The van der Waals surface area contributed by atoms with Crippen molar-refractivity contribution in [3.05, 3.63) is 59.4 Å². The topological polar surface area (TPSA) is 72.2 Å². The van der Waals surface area contributed by atoms with E-state index in [0.29, 0.717) is 5.56 Å². The second kappa shape index (κ2) is 5.60. The highest BCUT2D eigenvalue weighted by molar-refractivity contribution is 7.92. The molecule has 106 valence electrons. The molecular weight excluding hydrogens is 279 g/mol. The Kier molecular flexibility index (Phi) is 4.06. The molecule has 2 aromatic carbocycles. The van der Waals surface area contributed by atoms with Crippen molar-refractivity contribution in [3.8, 4) is 0 Å². The largest absolute Gasteiger partial charge is 0.326 e. The highest BCUT2D eigenvalue weighted by atomic mass is 32.2. The molecule has 3 N–H and O–H groups in total. The van der Waals surface area contributed by atoms with Gasteiger partial charge in [0.2, 0.25) is 0 Å². The van der Waals surface area contributed by atoms with Crippen LogP contribution in [0.1, 0.15) is 11.1 Å². The highest BCUT2D eigenvalue weighted by Crippen LogP contribution is 2.23. The van der Waals surface area contributed by atoms with Crippen LogP contribution >= 0.6 is 0 Å². The average molecular weight is 294 g/mol. The first kappa shape index (κ1) is 14.5. The van der Waals surface area contributed by atoms with Crippen LogP contribution in [0.5, 0.6) is 0 Å². The fraction of sp³-hybridized carbons (Fsp3) is 0.143. The number of nitrogens with two attached hydrogens (primary N) is 1. The minimum absolute atomic E-state index is 0.0850. The zero-order valence-corrected chi connectivity index (χ0v) is 11.7. The number of aryl methyl sites for hydroxylation is 1. The summed E-state index contributed by atoms with van der Waals surface area (Å²) in [6, 6.07) is 10.8. The maximum Gasteiger partial charge on any atom is 0.262 e. The number of anilines is 1. The van der Waals surface area contributed by atoms with Gasteiger partial charge in [0.15, 0.2) is 0 Å². The van der Waals surface area contributed by atoms with E-state index in [-0.39, 0.29) is 22.7 Å².